The van der Waals surface area contributed by atoms with E-state index in [2.05, 4.69) is 5.32 Å². The third-order valence-corrected chi connectivity index (χ3v) is 3.49. The topological polar surface area (TPSA) is 84.9 Å². The number of phenols is 1. The van der Waals surface area contributed by atoms with Gasteiger partial charge in [0.25, 0.3) is 0 Å². The van der Waals surface area contributed by atoms with Gasteiger partial charge in [-0.3, -0.25) is 0 Å². The third-order valence-electron chi connectivity index (χ3n) is 2.63. The Morgan fingerprint density at radius 2 is 2.00 bits per heavy atom. The molecule has 1 aromatic rings. The number of ether oxygens (including phenoxy) is 2. The van der Waals surface area contributed by atoms with Crippen LogP contribution in [0.4, 0.5) is 4.79 Å². The van der Waals surface area contributed by atoms with E-state index in [-0.39, 0.29) is 12.2 Å². The zero-order valence-corrected chi connectivity index (χ0v) is 15.1. The summed E-state index contributed by atoms with van der Waals surface area (Å²) in [5, 5.41) is 12.0. The summed E-state index contributed by atoms with van der Waals surface area (Å²) in [5.74, 6) is -0.395. The van der Waals surface area contributed by atoms with Crippen molar-refractivity contribution in [2.45, 2.75) is 38.8 Å². The van der Waals surface area contributed by atoms with Gasteiger partial charge in [0.1, 0.15) is 17.4 Å². The van der Waals surface area contributed by atoms with E-state index >= 15 is 0 Å². The lowest BCUT2D eigenvalue weighted by molar-refractivity contribution is -0.143. The summed E-state index contributed by atoms with van der Waals surface area (Å²) in [4.78, 5) is 23.6. The molecule has 0 saturated heterocycles. The Kier molecular flexibility index (Phi) is 6.46. The van der Waals surface area contributed by atoms with Crippen molar-refractivity contribution in [1.29, 1.82) is 0 Å². The smallest absolute Gasteiger partial charge is 0.408 e. The van der Waals surface area contributed by atoms with Gasteiger partial charge in [-0.15, -0.1) is 0 Å². The van der Waals surface area contributed by atoms with Gasteiger partial charge in [0.2, 0.25) is 0 Å². The number of hydrogen-bond donors (Lipinski definition) is 2. The second-order valence-electron chi connectivity index (χ2n) is 5.71. The molecule has 0 aliphatic rings. The van der Waals surface area contributed by atoms with E-state index in [9.17, 15) is 14.7 Å². The molecule has 0 bridgehead atoms. The summed E-state index contributed by atoms with van der Waals surface area (Å²) in [7, 11) is 1.26. The molecule has 0 fully saturated rings. The van der Waals surface area contributed by atoms with Crippen molar-refractivity contribution >= 4 is 34.7 Å². The van der Waals surface area contributed by atoms with E-state index in [0.717, 1.165) is 5.56 Å². The number of esters is 1. The van der Waals surface area contributed by atoms with Gasteiger partial charge in [0, 0.05) is 6.42 Å². The molecule has 2 N–H and O–H groups in total. The molecule has 1 amide bonds. The monoisotopic (exact) mass is 421 g/mol. The minimum atomic E-state index is -0.861. The molecule has 1 aromatic carbocycles. The zero-order chi connectivity index (χ0) is 16.9. The molecule has 1 unspecified atom stereocenters. The number of benzene rings is 1. The Morgan fingerprint density at radius 1 is 1.36 bits per heavy atom. The highest BCUT2D eigenvalue weighted by atomic mass is 127. The molecule has 122 valence electrons. The quantitative estimate of drug-likeness (QED) is 0.577. The van der Waals surface area contributed by atoms with E-state index in [1.165, 1.54) is 7.11 Å². The van der Waals surface area contributed by atoms with Gasteiger partial charge in [0.15, 0.2) is 0 Å². The molecule has 7 heteroatoms. The van der Waals surface area contributed by atoms with Crippen molar-refractivity contribution in [1.82, 2.24) is 5.32 Å². The normalized spacial score (nSPS) is 12.4. The number of alkyl carbamates (subject to hydrolysis) is 1. The predicted molar refractivity (Wildman–Crippen MR) is 89.7 cm³/mol. The van der Waals surface area contributed by atoms with Crippen molar-refractivity contribution < 1.29 is 24.2 Å². The van der Waals surface area contributed by atoms with Crippen LogP contribution in [-0.2, 0) is 20.7 Å². The second-order valence-corrected chi connectivity index (χ2v) is 6.87. The molecule has 0 radical (unpaired) electrons. The van der Waals surface area contributed by atoms with Crippen molar-refractivity contribution in [3.05, 3.63) is 27.3 Å². The van der Waals surface area contributed by atoms with Crippen LogP contribution in [0.1, 0.15) is 26.3 Å². The fourth-order valence-electron chi connectivity index (χ4n) is 1.70. The fraction of sp³-hybridized carbons (Fsp3) is 0.467. The van der Waals surface area contributed by atoms with Crippen molar-refractivity contribution in [2.24, 2.45) is 0 Å². The summed E-state index contributed by atoms with van der Waals surface area (Å²) in [5.41, 5.74) is 0.132. The standard InChI is InChI=1S/C15H20INO5/c1-15(2,3)22-14(20)17-11(13(19)21-4)8-9-5-6-12(18)10(16)7-9/h5-7,11,18H,8H2,1-4H3,(H,17,20). The molecule has 1 atom stereocenters. The maximum atomic E-state index is 11.8. The number of hydrogen-bond acceptors (Lipinski definition) is 5. The Morgan fingerprint density at radius 3 is 2.50 bits per heavy atom. The first-order valence-corrected chi connectivity index (χ1v) is 7.75. The molecule has 0 aromatic heterocycles. The van der Waals surface area contributed by atoms with E-state index < -0.39 is 23.7 Å². The Bertz CT molecular complexity index is 553. The summed E-state index contributed by atoms with van der Waals surface area (Å²) in [6.07, 6.45) is -0.446. The average molecular weight is 421 g/mol. The average Bonchev–Trinajstić information content (AvgIpc) is 2.39. The maximum absolute atomic E-state index is 11.8. The molecule has 0 spiro atoms. The number of methoxy groups -OCH3 is 1. The van der Waals surface area contributed by atoms with Crippen LogP contribution in [0.5, 0.6) is 5.75 Å². The van der Waals surface area contributed by atoms with Crippen molar-refractivity contribution in [3.63, 3.8) is 0 Å². The number of nitrogens with one attached hydrogen (secondary N) is 1. The molecule has 0 aliphatic carbocycles. The Hall–Kier alpha value is -1.51. The molecule has 0 saturated carbocycles. The number of carbonyl (C=O) groups is 2. The van der Waals surface area contributed by atoms with Gasteiger partial charge in [-0.25, -0.2) is 9.59 Å². The summed E-state index contributed by atoms with van der Waals surface area (Å²) < 4.78 is 10.5. The molecule has 0 heterocycles. The molecular weight excluding hydrogens is 401 g/mol. The lowest BCUT2D eigenvalue weighted by atomic mass is 10.1. The number of aromatic hydroxyl groups is 1. The minimum absolute atomic E-state index is 0.166. The van der Waals surface area contributed by atoms with E-state index in [4.69, 9.17) is 9.47 Å². The highest BCUT2D eigenvalue weighted by Crippen LogP contribution is 2.21. The van der Waals surface area contributed by atoms with Crippen LogP contribution in [0.3, 0.4) is 0 Å². The molecule has 0 aliphatic heterocycles. The Labute approximate surface area is 143 Å². The molecule has 22 heavy (non-hydrogen) atoms. The summed E-state index contributed by atoms with van der Waals surface area (Å²) in [6, 6.07) is 4.10. The van der Waals surface area contributed by atoms with Crippen molar-refractivity contribution in [2.75, 3.05) is 7.11 Å². The predicted octanol–water partition coefficient (Wildman–Crippen LogP) is 2.61. The first kappa shape index (κ1) is 18.5. The van der Waals surface area contributed by atoms with Crippen LogP contribution in [0.15, 0.2) is 18.2 Å². The molecular formula is C15H20INO5. The van der Waals surface area contributed by atoms with E-state index in [1.807, 2.05) is 22.6 Å². The third kappa shape index (κ3) is 6.08. The molecule has 1 rings (SSSR count). The van der Waals surface area contributed by atoms with Gasteiger partial charge in [0.05, 0.1) is 10.7 Å². The van der Waals surface area contributed by atoms with Gasteiger partial charge < -0.3 is 19.9 Å². The van der Waals surface area contributed by atoms with Gasteiger partial charge >= 0.3 is 12.1 Å². The van der Waals surface area contributed by atoms with E-state index in [1.54, 1.807) is 39.0 Å². The van der Waals surface area contributed by atoms with Crippen LogP contribution >= 0.6 is 22.6 Å². The number of phenolic OH excluding ortho intramolecular Hbond substituents is 1. The first-order valence-electron chi connectivity index (χ1n) is 6.67. The molecule has 6 nitrogen and oxygen atoms in total. The second kappa shape index (κ2) is 7.66. The lowest BCUT2D eigenvalue weighted by Crippen LogP contribution is -2.45. The van der Waals surface area contributed by atoms with Crippen LogP contribution in [0, 0.1) is 3.57 Å². The lowest BCUT2D eigenvalue weighted by Gasteiger charge is -2.22. The first-order chi connectivity index (χ1) is 10.1. The minimum Gasteiger partial charge on any atom is -0.507 e. The maximum Gasteiger partial charge on any atom is 0.408 e. The fourth-order valence-corrected chi connectivity index (χ4v) is 2.28. The SMILES string of the molecule is COC(=O)C(Cc1ccc(O)c(I)c1)NC(=O)OC(C)(C)C. The highest BCUT2D eigenvalue weighted by molar-refractivity contribution is 14.1. The Balaban J connectivity index is 2.82. The van der Waals surface area contributed by atoms with Crippen LogP contribution < -0.4 is 5.32 Å². The number of halogens is 1. The van der Waals surface area contributed by atoms with Gasteiger partial charge in [-0.1, -0.05) is 6.07 Å². The summed E-state index contributed by atoms with van der Waals surface area (Å²) >= 11 is 1.99. The van der Waals surface area contributed by atoms with Crippen LogP contribution in [-0.4, -0.2) is 35.9 Å². The van der Waals surface area contributed by atoms with Crippen molar-refractivity contribution in [3.8, 4) is 5.75 Å². The van der Waals surface area contributed by atoms with E-state index in [0.29, 0.717) is 3.57 Å². The highest BCUT2D eigenvalue weighted by Gasteiger charge is 2.25. The van der Waals surface area contributed by atoms with Crippen LogP contribution in [0.2, 0.25) is 0 Å². The van der Waals surface area contributed by atoms with Gasteiger partial charge in [-0.2, -0.15) is 0 Å². The number of amides is 1. The summed E-state index contributed by atoms with van der Waals surface area (Å²) in [6.45, 7) is 5.21. The number of rotatable bonds is 4. The van der Waals surface area contributed by atoms with Crippen LogP contribution in [0.25, 0.3) is 0 Å². The van der Waals surface area contributed by atoms with Gasteiger partial charge in [-0.05, 0) is 61.1 Å². The zero-order valence-electron chi connectivity index (χ0n) is 13.0. The number of carbonyl (C=O) groups excluding carboxylic acids is 2. The largest absolute Gasteiger partial charge is 0.507 e.